The number of halogens is 3. The fraction of sp³-hybridized carbons (Fsp3) is 0.0833. The number of fused-ring (bicyclic) bond motifs is 1. The van der Waals surface area contributed by atoms with Gasteiger partial charge in [0.25, 0.3) is 0 Å². The van der Waals surface area contributed by atoms with E-state index in [0.717, 1.165) is 12.1 Å². The van der Waals surface area contributed by atoms with Gasteiger partial charge in [0.1, 0.15) is 0 Å². The molecule has 0 bridgehead atoms. The second-order valence-corrected chi connectivity index (χ2v) is 7.77. The summed E-state index contributed by atoms with van der Waals surface area (Å²) in [5, 5.41) is 0.611. The van der Waals surface area contributed by atoms with Crippen molar-refractivity contribution in [3.63, 3.8) is 0 Å². The molecule has 0 spiro atoms. The van der Waals surface area contributed by atoms with E-state index >= 15 is 0 Å². The van der Waals surface area contributed by atoms with Crippen LogP contribution in [0.25, 0.3) is 10.8 Å². The molecule has 2 aromatic rings. The Morgan fingerprint density at radius 1 is 1.13 bits per heavy atom. The molecule has 0 aliphatic rings. The van der Waals surface area contributed by atoms with Crippen LogP contribution >= 0.6 is 23.8 Å². The minimum absolute atomic E-state index is 0.0878. The summed E-state index contributed by atoms with van der Waals surface area (Å²) >= 11 is 0. The second kappa shape index (κ2) is 6.48. The molecule has 0 fully saturated rings. The molecule has 0 amide bonds. The molecule has 11 heteroatoms. The van der Waals surface area contributed by atoms with Gasteiger partial charge in [-0.1, -0.05) is 0 Å². The van der Waals surface area contributed by atoms with E-state index < -0.39 is 32.7 Å². The van der Waals surface area contributed by atoms with E-state index in [1.165, 1.54) is 24.3 Å². The molecule has 2 aromatic carbocycles. The van der Waals surface area contributed by atoms with Gasteiger partial charge in [0.15, 0.2) is 0 Å². The van der Waals surface area contributed by atoms with Crippen LogP contribution in [-0.2, 0) is 10.2 Å². The topological polar surface area (TPSA) is 87.0 Å². The molecule has 5 nitrogen and oxygen atoms in total. The zero-order valence-electron chi connectivity index (χ0n) is 11.1. The molecule has 3 N–H and O–H groups in total. The zero-order chi connectivity index (χ0) is 17.4. The van der Waals surface area contributed by atoms with Crippen molar-refractivity contribution < 1.29 is 37.0 Å². The van der Waals surface area contributed by atoms with Crippen LogP contribution in [0.15, 0.2) is 36.4 Å². The number of rotatable bonds is 3. The number of hydrogen-bond acceptors (Lipinski definition) is 5. The number of carbonyl (C=O) groups is 1. The summed E-state index contributed by atoms with van der Waals surface area (Å²) in [6, 6.07) is 6.98. The molecule has 0 aliphatic heterocycles. The number of benzene rings is 2. The third kappa shape index (κ3) is 3.92. The van der Waals surface area contributed by atoms with Crippen molar-refractivity contribution >= 4 is 40.6 Å². The van der Waals surface area contributed by atoms with E-state index in [0.29, 0.717) is 5.39 Å². The summed E-state index contributed by atoms with van der Waals surface area (Å²) < 4.78 is 44.5. The Balaban J connectivity index is 2.51. The fourth-order valence-corrected chi connectivity index (χ4v) is 2.81. The summed E-state index contributed by atoms with van der Waals surface area (Å²) in [6.45, 7) is 0. The summed E-state index contributed by atoms with van der Waals surface area (Å²) in [7, 11) is -4.84. The molecule has 0 saturated heterocycles. The van der Waals surface area contributed by atoms with Gasteiger partial charge in [-0.2, -0.15) is 0 Å². The van der Waals surface area contributed by atoms with Crippen LogP contribution in [0, 0.1) is 0 Å². The zero-order valence-corrected chi connectivity index (χ0v) is 13.8. The van der Waals surface area contributed by atoms with Crippen LogP contribution in [0.3, 0.4) is 0 Å². The number of alkyl halides is 2. The van der Waals surface area contributed by atoms with Crippen LogP contribution in [0.2, 0.25) is 0 Å². The molecule has 0 radical (unpaired) electrons. The van der Waals surface area contributed by atoms with Crippen molar-refractivity contribution in [2.45, 2.75) is 5.66 Å². The average Bonchev–Trinajstić information content (AvgIpc) is 2.44. The van der Waals surface area contributed by atoms with Crippen molar-refractivity contribution in [1.29, 1.82) is 0 Å². The molecule has 122 valence electrons. The first-order valence-electron chi connectivity index (χ1n) is 5.89. The molecule has 2 rings (SSSR count). The summed E-state index contributed by atoms with van der Waals surface area (Å²) in [5.74, 6) is -1.01. The Morgan fingerprint density at radius 3 is 2.30 bits per heavy atom. The van der Waals surface area contributed by atoms with Gasteiger partial charge in [0.2, 0.25) is 0 Å². The molecule has 0 heterocycles. The molecule has 0 aliphatic carbocycles. The maximum atomic E-state index is 13.8. The summed E-state index contributed by atoms with van der Waals surface area (Å²) in [6.07, 6.45) is 0. The van der Waals surface area contributed by atoms with Crippen molar-refractivity contribution in [3.05, 3.63) is 47.5 Å². The van der Waals surface area contributed by atoms with Crippen molar-refractivity contribution in [2.24, 2.45) is 0 Å². The van der Waals surface area contributed by atoms with Gasteiger partial charge in [0.05, 0.1) is 0 Å². The average molecular weight is 383 g/mol. The molecule has 1 atom stereocenters. The second-order valence-electron chi connectivity index (χ2n) is 4.49. The van der Waals surface area contributed by atoms with E-state index in [4.69, 9.17) is 14.7 Å². The predicted molar refractivity (Wildman–Crippen MR) is 81.8 cm³/mol. The molecule has 0 aromatic heterocycles. The van der Waals surface area contributed by atoms with Gasteiger partial charge in [-0.3, -0.25) is 0 Å². The SMILES string of the molecule is O=C(OP(F)#P)c1ccc2ccc(C(F)(F)[P+](O)(O)O)cc2c1. The van der Waals surface area contributed by atoms with E-state index in [9.17, 15) is 17.8 Å². The predicted octanol–water partition coefficient (Wildman–Crippen LogP) is 4.39. The van der Waals surface area contributed by atoms with Crippen molar-refractivity contribution in [3.8, 4) is 0 Å². The Kier molecular flexibility index (Phi) is 5.17. The van der Waals surface area contributed by atoms with E-state index in [1.807, 2.05) is 0 Å². The summed E-state index contributed by atoms with van der Waals surface area (Å²) in [4.78, 5) is 38.2. The quantitative estimate of drug-likeness (QED) is 0.685. The number of carbonyl (C=O) groups excluding carboxylic acids is 1. The molecular weight excluding hydrogens is 374 g/mol. The standard InChI is InChI=1S/C12H9F3O5P3/c13-12(14,23(17,18)19)10-4-3-7-1-2-8(5-9(7)6-10)11(16)20-22(15)21/h1-6,17-19H/q+1. The number of hydrogen-bond donors (Lipinski definition) is 3. The monoisotopic (exact) mass is 383 g/mol. The normalized spacial score (nSPS) is 13.0. The molecule has 0 saturated carbocycles. The van der Waals surface area contributed by atoms with Crippen molar-refractivity contribution in [2.75, 3.05) is 0 Å². The van der Waals surface area contributed by atoms with Gasteiger partial charge in [-0.15, -0.1) is 0 Å². The minimum atomic E-state index is -5.45. The van der Waals surface area contributed by atoms with E-state index in [1.54, 1.807) is 0 Å². The van der Waals surface area contributed by atoms with Crippen LogP contribution < -0.4 is 0 Å². The Bertz CT molecular complexity index is 841. The molecule has 23 heavy (non-hydrogen) atoms. The van der Waals surface area contributed by atoms with E-state index in [2.05, 4.69) is 12.9 Å². The van der Waals surface area contributed by atoms with Crippen LogP contribution in [-0.4, -0.2) is 20.6 Å². The maximum absolute atomic E-state index is 13.8. The van der Waals surface area contributed by atoms with Crippen molar-refractivity contribution in [1.82, 2.24) is 0 Å². The van der Waals surface area contributed by atoms with Crippen LogP contribution in [0.1, 0.15) is 15.9 Å². The first-order valence-corrected chi connectivity index (χ1v) is 9.84. The Hall–Kier alpha value is -1.00. The van der Waals surface area contributed by atoms with Gasteiger partial charge < -0.3 is 0 Å². The summed E-state index contributed by atoms with van der Waals surface area (Å²) in [5.41, 5.74) is -5.18. The third-order valence-corrected chi connectivity index (χ3v) is 4.53. The van der Waals surface area contributed by atoms with Gasteiger partial charge >= 0.3 is 131 Å². The van der Waals surface area contributed by atoms with Gasteiger partial charge in [0, 0.05) is 0 Å². The van der Waals surface area contributed by atoms with Crippen LogP contribution in [0.4, 0.5) is 13.0 Å². The molecule has 1 unspecified atom stereocenters. The first-order chi connectivity index (χ1) is 10.5. The first kappa shape index (κ1) is 18.3. The van der Waals surface area contributed by atoms with Crippen LogP contribution in [0.5, 0.6) is 0 Å². The van der Waals surface area contributed by atoms with Gasteiger partial charge in [-0.25, -0.2) is 0 Å². The fourth-order valence-electron chi connectivity index (χ4n) is 1.86. The Labute approximate surface area is 131 Å². The van der Waals surface area contributed by atoms with E-state index in [-0.39, 0.29) is 10.9 Å². The molecular formula is C12H9F3O5P3+. The Morgan fingerprint density at radius 2 is 1.74 bits per heavy atom. The third-order valence-electron chi connectivity index (χ3n) is 2.96. The van der Waals surface area contributed by atoms with Gasteiger partial charge in [-0.05, 0) is 0 Å².